The molecule has 0 saturated carbocycles. The topological polar surface area (TPSA) is 39.7 Å². The Morgan fingerprint density at radius 3 is 2.79 bits per heavy atom. The predicted octanol–water partition coefficient (Wildman–Crippen LogP) is 3.17. The Balaban J connectivity index is 1.70. The number of hydrogen-bond acceptors (Lipinski definition) is 4. The van der Waals surface area contributed by atoms with Crippen LogP contribution >= 0.6 is 0 Å². The molecule has 2 unspecified atom stereocenters. The van der Waals surface area contributed by atoms with Crippen LogP contribution in [-0.4, -0.2) is 24.5 Å². The lowest BCUT2D eigenvalue weighted by molar-refractivity contribution is -0.0431. The van der Waals surface area contributed by atoms with Crippen molar-refractivity contribution in [2.45, 2.75) is 51.5 Å². The van der Waals surface area contributed by atoms with Crippen LogP contribution < -0.4 is 14.8 Å². The van der Waals surface area contributed by atoms with Gasteiger partial charge in [-0.1, -0.05) is 0 Å². The third-order valence-electron chi connectivity index (χ3n) is 3.51. The lowest BCUT2D eigenvalue weighted by atomic mass is 10.0. The summed E-state index contributed by atoms with van der Waals surface area (Å²) in [6, 6.07) is 6.50. The first kappa shape index (κ1) is 12.6. The SMILES string of the molecule is CC1CC(Nc2ccc3c(c2)OC(C)(C)O3)CCO1. The van der Waals surface area contributed by atoms with Gasteiger partial charge in [0, 0.05) is 38.2 Å². The highest BCUT2D eigenvalue weighted by molar-refractivity contribution is 5.56. The maximum Gasteiger partial charge on any atom is 0.246 e. The van der Waals surface area contributed by atoms with Gasteiger partial charge in [0.25, 0.3) is 0 Å². The fourth-order valence-electron chi connectivity index (χ4n) is 2.68. The van der Waals surface area contributed by atoms with E-state index in [1.807, 2.05) is 32.0 Å². The average molecular weight is 263 g/mol. The van der Waals surface area contributed by atoms with Crippen molar-refractivity contribution in [2.24, 2.45) is 0 Å². The van der Waals surface area contributed by atoms with Gasteiger partial charge in [-0.15, -0.1) is 0 Å². The Bertz CT molecular complexity index is 472. The lowest BCUT2D eigenvalue weighted by Gasteiger charge is -2.28. The minimum absolute atomic E-state index is 0.333. The van der Waals surface area contributed by atoms with Gasteiger partial charge in [0.15, 0.2) is 11.5 Å². The summed E-state index contributed by atoms with van der Waals surface area (Å²) in [6.07, 6.45) is 2.42. The molecule has 2 aliphatic rings. The molecule has 0 spiro atoms. The van der Waals surface area contributed by atoms with Crippen LogP contribution in [0.4, 0.5) is 5.69 Å². The zero-order chi connectivity index (χ0) is 13.5. The standard InChI is InChI=1S/C15H21NO3/c1-10-8-12(6-7-17-10)16-11-4-5-13-14(9-11)19-15(2,3)18-13/h4-5,9-10,12,16H,6-8H2,1-3H3. The lowest BCUT2D eigenvalue weighted by Crippen LogP contribution is -2.32. The fourth-order valence-corrected chi connectivity index (χ4v) is 2.68. The monoisotopic (exact) mass is 263 g/mol. The Labute approximate surface area is 114 Å². The molecule has 0 aromatic heterocycles. The van der Waals surface area contributed by atoms with Crippen molar-refractivity contribution < 1.29 is 14.2 Å². The zero-order valence-electron chi connectivity index (χ0n) is 11.7. The molecule has 104 valence electrons. The quantitative estimate of drug-likeness (QED) is 0.889. The Morgan fingerprint density at radius 2 is 2.00 bits per heavy atom. The van der Waals surface area contributed by atoms with Gasteiger partial charge in [-0.25, -0.2) is 0 Å². The van der Waals surface area contributed by atoms with Gasteiger partial charge in [-0.2, -0.15) is 0 Å². The maximum absolute atomic E-state index is 5.76. The number of rotatable bonds is 2. The molecule has 0 bridgehead atoms. The summed E-state index contributed by atoms with van der Waals surface area (Å²) in [6.45, 7) is 6.78. The molecule has 0 amide bonds. The van der Waals surface area contributed by atoms with E-state index in [-0.39, 0.29) is 0 Å². The number of anilines is 1. The van der Waals surface area contributed by atoms with E-state index in [0.29, 0.717) is 12.1 Å². The summed E-state index contributed by atoms with van der Waals surface area (Å²) in [5.74, 6) is 1.07. The highest BCUT2D eigenvalue weighted by Gasteiger charge is 2.31. The second-order valence-corrected chi connectivity index (χ2v) is 5.81. The molecule has 4 nitrogen and oxygen atoms in total. The van der Waals surface area contributed by atoms with E-state index in [2.05, 4.69) is 12.2 Å². The van der Waals surface area contributed by atoms with Crippen molar-refractivity contribution in [1.82, 2.24) is 0 Å². The molecule has 1 aromatic rings. The van der Waals surface area contributed by atoms with E-state index in [1.54, 1.807) is 0 Å². The molecule has 1 aromatic carbocycles. The van der Waals surface area contributed by atoms with Crippen LogP contribution in [-0.2, 0) is 4.74 Å². The molecule has 2 heterocycles. The van der Waals surface area contributed by atoms with Gasteiger partial charge in [-0.05, 0) is 31.9 Å². The van der Waals surface area contributed by atoms with Gasteiger partial charge in [0.05, 0.1) is 6.10 Å². The molecule has 19 heavy (non-hydrogen) atoms. The molecular formula is C15H21NO3. The molecule has 0 radical (unpaired) electrons. The molecule has 2 aliphatic heterocycles. The first-order valence-corrected chi connectivity index (χ1v) is 6.92. The molecular weight excluding hydrogens is 242 g/mol. The van der Waals surface area contributed by atoms with Gasteiger partial charge in [0.2, 0.25) is 5.79 Å². The highest BCUT2D eigenvalue weighted by Crippen LogP contribution is 2.40. The largest absolute Gasteiger partial charge is 0.449 e. The van der Waals surface area contributed by atoms with E-state index in [9.17, 15) is 0 Å². The summed E-state index contributed by atoms with van der Waals surface area (Å²) in [4.78, 5) is 0. The van der Waals surface area contributed by atoms with Crippen molar-refractivity contribution in [1.29, 1.82) is 0 Å². The van der Waals surface area contributed by atoms with Crippen LogP contribution in [0.25, 0.3) is 0 Å². The van der Waals surface area contributed by atoms with Gasteiger partial charge < -0.3 is 19.5 Å². The van der Waals surface area contributed by atoms with Gasteiger partial charge in [0.1, 0.15) is 0 Å². The number of ether oxygens (including phenoxy) is 3. The molecule has 3 rings (SSSR count). The van der Waals surface area contributed by atoms with Crippen LogP contribution in [0.5, 0.6) is 11.5 Å². The van der Waals surface area contributed by atoms with E-state index in [0.717, 1.165) is 36.6 Å². The van der Waals surface area contributed by atoms with E-state index in [4.69, 9.17) is 14.2 Å². The summed E-state index contributed by atoms with van der Waals surface area (Å²) in [5.41, 5.74) is 1.08. The van der Waals surface area contributed by atoms with Crippen LogP contribution in [0.2, 0.25) is 0 Å². The van der Waals surface area contributed by atoms with Gasteiger partial charge >= 0.3 is 0 Å². The molecule has 4 heteroatoms. The number of fused-ring (bicyclic) bond motifs is 1. The highest BCUT2D eigenvalue weighted by atomic mass is 16.7. The van der Waals surface area contributed by atoms with Gasteiger partial charge in [-0.3, -0.25) is 0 Å². The third kappa shape index (κ3) is 2.78. The van der Waals surface area contributed by atoms with Crippen LogP contribution in [0.3, 0.4) is 0 Å². The van der Waals surface area contributed by atoms with E-state index >= 15 is 0 Å². The van der Waals surface area contributed by atoms with Crippen LogP contribution in [0.1, 0.15) is 33.6 Å². The van der Waals surface area contributed by atoms with E-state index in [1.165, 1.54) is 0 Å². The fraction of sp³-hybridized carbons (Fsp3) is 0.600. The van der Waals surface area contributed by atoms with Crippen molar-refractivity contribution >= 4 is 5.69 Å². The number of benzene rings is 1. The third-order valence-corrected chi connectivity index (χ3v) is 3.51. The van der Waals surface area contributed by atoms with Crippen LogP contribution in [0.15, 0.2) is 18.2 Å². The zero-order valence-corrected chi connectivity index (χ0v) is 11.7. The molecule has 2 atom stereocenters. The Kier molecular flexibility index (Phi) is 3.05. The molecule has 1 saturated heterocycles. The second kappa shape index (κ2) is 4.60. The summed E-state index contributed by atoms with van der Waals surface area (Å²) in [5, 5.41) is 3.55. The first-order chi connectivity index (χ1) is 9.02. The smallest absolute Gasteiger partial charge is 0.246 e. The predicted molar refractivity (Wildman–Crippen MR) is 73.8 cm³/mol. The summed E-state index contributed by atoms with van der Waals surface area (Å²) >= 11 is 0. The maximum atomic E-state index is 5.76. The Hall–Kier alpha value is -1.42. The van der Waals surface area contributed by atoms with Crippen molar-refractivity contribution in [3.05, 3.63) is 18.2 Å². The van der Waals surface area contributed by atoms with Crippen molar-refractivity contribution in [3.8, 4) is 11.5 Å². The van der Waals surface area contributed by atoms with Crippen molar-refractivity contribution in [3.63, 3.8) is 0 Å². The minimum Gasteiger partial charge on any atom is -0.449 e. The molecule has 1 fully saturated rings. The first-order valence-electron chi connectivity index (χ1n) is 6.92. The minimum atomic E-state index is -0.561. The summed E-state index contributed by atoms with van der Waals surface area (Å²) < 4.78 is 17.0. The van der Waals surface area contributed by atoms with Crippen molar-refractivity contribution in [2.75, 3.05) is 11.9 Å². The normalized spacial score (nSPS) is 28.2. The molecule has 0 aliphatic carbocycles. The Morgan fingerprint density at radius 1 is 1.21 bits per heavy atom. The second-order valence-electron chi connectivity index (χ2n) is 5.81. The molecule has 1 N–H and O–H groups in total. The summed E-state index contributed by atoms with van der Waals surface area (Å²) in [7, 11) is 0. The number of nitrogens with one attached hydrogen (secondary N) is 1. The van der Waals surface area contributed by atoms with E-state index < -0.39 is 5.79 Å². The average Bonchev–Trinajstić information content (AvgIpc) is 2.62. The number of hydrogen-bond donors (Lipinski definition) is 1. The van der Waals surface area contributed by atoms with Crippen LogP contribution in [0, 0.1) is 0 Å².